The van der Waals surface area contributed by atoms with E-state index in [9.17, 15) is 4.79 Å². The van der Waals surface area contributed by atoms with Crippen LogP contribution in [-0.2, 0) is 6.54 Å². The molecule has 0 aliphatic carbocycles. The van der Waals surface area contributed by atoms with Crippen molar-refractivity contribution in [3.8, 4) is 11.8 Å². The third-order valence-corrected chi connectivity index (χ3v) is 4.41. The Balaban J connectivity index is 2.07. The van der Waals surface area contributed by atoms with Crippen molar-refractivity contribution in [2.75, 3.05) is 7.11 Å². The lowest BCUT2D eigenvalue weighted by atomic mass is 10.2. The molecule has 1 aromatic heterocycles. The van der Waals surface area contributed by atoms with Crippen LogP contribution in [0.25, 0.3) is 0 Å². The van der Waals surface area contributed by atoms with Gasteiger partial charge in [-0.25, -0.2) is 9.79 Å². The van der Waals surface area contributed by atoms with Crippen LogP contribution in [0.1, 0.15) is 19.4 Å². The van der Waals surface area contributed by atoms with Crippen molar-refractivity contribution in [2.45, 2.75) is 26.5 Å². The van der Waals surface area contributed by atoms with Crippen molar-refractivity contribution in [1.29, 1.82) is 0 Å². The van der Waals surface area contributed by atoms with Gasteiger partial charge in [-0.2, -0.15) is 0 Å². The third-order valence-electron chi connectivity index (χ3n) is 3.86. The zero-order valence-electron chi connectivity index (χ0n) is 16.1. The highest BCUT2D eigenvalue weighted by Crippen LogP contribution is 2.29. The minimum atomic E-state index is -0.500. The molecule has 1 heterocycles. The standard InChI is InChI=1S/C20H20Cl2N4O3/c1-12(2)29-17-9-8-15(10-16(17)22)23-18-24-19(28-3)25-20(27)26(18)11-13-4-6-14(21)7-5-13/h4-10,12H,11H2,1-3H3,(H,23,24,25,27). The molecule has 3 rings (SSSR count). The second kappa shape index (κ2) is 9.15. The van der Waals surface area contributed by atoms with Crippen LogP contribution in [0, 0.1) is 0 Å². The Bertz CT molecular complexity index is 1120. The van der Waals surface area contributed by atoms with E-state index < -0.39 is 5.69 Å². The maximum absolute atomic E-state index is 12.5. The van der Waals surface area contributed by atoms with E-state index in [0.717, 1.165) is 5.56 Å². The molecule has 0 atom stereocenters. The number of benzene rings is 2. The predicted octanol–water partition coefficient (Wildman–Crippen LogP) is 3.95. The first-order valence-corrected chi connectivity index (χ1v) is 9.62. The van der Waals surface area contributed by atoms with Crippen molar-refractivity contribution >= 4 is 28.9 Å². The number of ether oxygens (including phenoxy) is 2. The van der Waals surface area contributed by atoms with Crippen molar-refractivity contribution < 1.29 is 9.47 Å². The van der Waals surface area contributed by atoms with E-state index in [1.54, 1.807) is 30.3 Å². The molecule has 0 bridgehead atoms. The van der Waals surface area contributed by atoms with Gasteiger partial charge in [0.2, 0.25) is 5.62 Å². The molecule has 0 aliphatic heterocycles. The molecule has 9 heteroatoms. The Morgan fingerprint density at radius 1 is 1.17 bits per heavy atom. The Morgan fingerprint density at radius 3 is 2.52 bits per heavy atom. The summed E-state index contributed by atoms with van der Waals surface area (Å²) < 4.78 is 12.1. The average Bonchev–Trinajstić information content (AvgIpc) is 2.67. The Morgan fingerprint density at radius 2 is 1.90 bits per heavy atom. The summed E-state index contributed by atoms with van der Waals surface area (Å²) in [5.41, 5.74) is 1.18. The summed E-state index contributed by atoms with van der Waals surface area (Å²) in [7, 11) is 1.42. The smallest absolute Gasteiger partial charge is 0.355 e. The predicted molar refractivity (Wildman–Crippen MR) is 112 cm³/mol. The van der Waals surface area contributed by atoms with E-state index in [1.165, 1.54) is 11.7 Å². The van der Waals surface area contributed by atoms with Gasteiger partial charge in [-0.3, -0.25) is 9.55 Å². The molecule has 0 unspecified atom stereocenters. The number of nitrogens with one attached hydrogen (secondary N) is 1. The van der Waals surface area contributed by atoms with Crippen molar-refractivity contribution in [1.82, 2.24) is 14.5 Å². The highest BCUT2D eigenvalue weighted by Gasteiger charge is 2.08. The number of halogens is 2. The molecule has 3 aromatic rings. The number of rotatable bonds is 6. The molecule has 0 amide bonds. The molecule has 0 saturated carbocycles. The number of aromatic amines is 1. The molecule has 1 N–H and O–H groups in total. The molecule has 0 fully saturated rings. The minimum Gasteiger partial charge on any atom is -0.489 e. The lowest BCUT2D eigenvalue weighted by Gasteiger charge is -2.11. The zero-order chi connectivity index (χ0) is 21.0. The van der Waals surface area contributed by atoms with Crippen LogP contribution in [-0.4, -0.2) is 27.7 Å². The van der Waals surface area contributed by atoms with E-state index in [1.807, 2.05) is 26.0 Å². The number of nitrogens with zero attached hydrogens (tertiary/aromatic N) is 3. The summed E-state index contributed by atoms with van der Waals surface area (Å²) in [4.78, 5) is 23.9. The second-order valence-electron chi connectivity index (χ2n) is 6.46. The van der Waals surface area contributed by atoms with Gasteiger partial charge in [0.05, 0.1) is 30.5 Å². The van der Waals surface area contributed by atoms with Crippen LogP contribution < -0.4 is 20.8 Å². The first kappa shape index (κ1) is 21.0. The highest BCUT2D eigenvalue weighted by atomic mass is 35.5. The Labute approximate surface area is 177 Å². The van der Waals surface area contributed by atoms with Gasteiger partial charge in [-0.1, -0.05) is 35.3 Å². The van der Waals surface area contributed by atoms with Gasteiger partial charge < -0.3 is 9.47 Å². The minimum absolute atomic E-state index is 0.00219. The van der Waals surface area contributed by atoms with E-state index in [0.29, 0.717) is 21.5 Å². The van der Waals surface area contributed by atoms with E-state index in [4.69, 9.17) is 32.7 Å². The average molecular weight is 435 g/mol. The maximum atomic E-state index is 12.5. The Hall–Kier alpha value is -2.77. The van der Waals surface area contributed by atoms with Crippen LogP contribution in [0.15, 0.2) is 52.3 Å². The van der Waals surface area contributed by atoms with Gasteiger partial charge in [-0.15, -0.1) is 4.98 Å². The normalized spacial score (nSPS) is 11.7. The zero-order valence-corrected chi connectivity index (χ0v) is 17.7. The first-order valence-electron chi connectivity index (χ1n) is 8.86. The number of hydrogen-bond donors (Lipinski definition) is 1. The van der Waals surface area contributed by atoms with E-state index in [2.05, 4.69) is 15.0 Å². The first-order chi connectivity index (χ1) is 13.9. The van der Waals surface area contributed by atoms with Gasteiger partial charge >= 0.3 is 11.7 Å². The summed E-state index contributed by atoms with van der Waals surface area (Å²) in [5, 5.41) is 1.04. The summed E-state index contributed by atoms with van der Waals surface area (Å²) in [6.07, 6.45) is -0.00219. The number of methoxy groups -OCH3 is 1. The molecule has 29 heavy (non-hydrogen) atoms. The van der Waals surface area contributed by atoms with Crippen LogP contribution in [0.5, 0.6) is 11.8 Å². The summed E-state index contributed by atoms with van der Waals surface area (Å²) in [5.74, 6) is 0.565. The summed E-state index contributed by atoms with van der Waals surface area (Å²) >= 11 is 12.2. The van der Waals surface area contributed by atoms with Crippen molar-refractivity contribution in [3.63, 3.8) is 0 Å². The fourth-order valence-corrected chi connectivity index (χ4v) is 2.91. The number of H-pyrrole nitrogens is 1. The molecular formula is C20H20Cl2N4O3. The van der Waals surface area contributed by atoms with E-state index >= 15 is 0 Å². The van der Waals surface area contributed by atoms with Crippen LogP contribution in [0.2, 0.25) is 10.0 Å². The lowest BCUT2D eigenvalue weighted by molar-refractivity contribution is 0.242. The summed E-state index contributed by atoms with van der Waals surface area (Å²) in [6, 6.07) is 12.4. The molecule has 7 nitrogen and oxygen atoms in total. The molecule has 0 spiro atoms. The molecule has 152 valence electrons. The largest absolute Gasteiger partial charge is 0.489 e. The lowest BCUT2D eigenvalue weighted by Crippen LogP contribution is -2.38. The maximum Gasteiger partial charge on any atom is 0.355 e. The third kappa shape index (κ3) is 5.40. The van der Waals surface area contributed by atoms with Gasteiger partial charge in [0.15, 0.2) is 0 Å². The second-order valence-corrected chi connectivity index (χ2v) is 7.30. The fourth-order valence-electron chi connectivity index (χ4n) is 2.56. The van der Waals surface area contributed by atoms with Crippen LogP contribution in [0.3, 0.4) is 0 Å². The molecule has 0 aliphatic rings. The number of aromatic nitrogens is 3. The van der Waals surface area contributed by atoms with Crippen LogP contribution in [0.4, 0.5) is 5.69 Å². The van der Waals surface area contributed by atoms with Gasteiger partial charge in [0.25, 0.3) is 0 Å². The quantitative estimate of drug-likeness (QED) is 0.636. The SMILES string of the molecule is COc1nc(=O)n(Cc2ccc(Cl)cc2)/c(=N/c2ccc(OC(C)C)c(Cl)c2)[nH]1. The molecule has 2 aromatic carbocycles. The molecular weight excluding hydrogens is 415 g/mol. The molecule has 0 saturated heterocycles. The Kier molecular flexibility index (Phi) is 6.61. The fraction of sp³-hybridized carbons (Fsp3) is 0.250. The van der Waals surface area contributed by atoms with Gasteiger partial charge in [-0.05, 0) is 49.7 Å². The highest BCUT2D eigenvalue weighted by molar-refractivity contribution is 6.32. The van der Waals surface area contributed by atoms with Gasteiger partial charge in [0, 0.05) is 5.02 Å². The van der Waals surface area contributed by atoms with Crippen molar-refractivity contribution in [3.05, 3.63) is 74.2 Å². The van der Waals surface area contributed by atoms with Crippen molar-refractivity contribution in [2.24, 2.45) is 4.99 Å². The van der Waals surface area contributed by atoms with E-state index in [-0.39, 0.29) is 24.3 Å². The topological polar surface area (TPSA) is 81.5 Å². The van der Waals surface area contributed by atoms with Crippen LogP contribution >= 0.6 is 23.2 Å². The molecule has 0 radical (unpaired) electrons. The van der Waals surface area contributed by atoms with Gasteiger partial charge in [0.1, 0.15) is 5.75 Å². The monoisotopic (exact) mass is 434 g/mol. The number of hydrogen-bond acceptors (Lipinski definition) is 5. The summed E-state index contributed by atoms with van der Waals surface area (Å²) in [6.45, 7) is 4.09.